The molecule has 2 aromatic carbocycles. The number of para-hydroxylation sites is 1. The number of sulfonamides is 1. The number of nitrogens with zero attached hydrogens (tertiary/aromatic N) is 3. The molecule has 1 aliphatic heterocycles. The summed E-state index contributed by atoms with van der Waals surface area (Å²) in [5, 5.41) is 40.4. The van der Waals surface area contributed by atoms with Gasteiger partial charge < -0.3 is 15.6 Å². The van der Waals surface area contributed by atoms with E-state index in [0.717, 1.165) is 12.1 Å². The highest BCUT2D eigenvalue weighted by Crippen LogP contribution is 2.33. The minimum absolute atomic E-state index is 0.0142. The van der Waals surface area contributed by atoms with Crippen molar-refractivity contribution in [1.29, 1.82) is 0 Å². The average Bonchev–Trinajstić information content (AvgIpc) is 3.36. The smallest absolute Gasteiger partial charge is 0.280 e. The van der Waals surface area contributed by atoms with Gasteiger partial charge in [-0.05, 0) is 30.3 Å². The number of hydrogen-bond acceptors (Lipinski definition) is 10. The molecule has 2 aliphatic rings. The number of rotatable bonds is 6. The molecule has 0 saturated carbocycles. The van der Waals surface area contributed by atoms with Gasteiger partial charge in [0.25, 0.3) is 15.9 Å². The summed E-state index contributed by atoms with van der Waals surface area (Å²) in [5.74, 6) is -0.551. The third kappa shape index (κ3) is 3.93. The zero-order chi connectivity index (χ0) is 22.3. The normalized spacial score (nSPS) is 19.5. The van der Waals surface area contributed by atoms with Crippen LogP contribution >= 0.6 is 0 Å². The van der Waals surface area contributed by atoms with Crippen LogP contribution in [0.5, 0.6) is 0 Å². The van der Waals surface area contributed by atoms with Gasteiger partial charge in [-0.15, -0.1) is 5.23 Å². The van der Waals surface area contributed by atoms with E-state index in [0.29, 0.717) is 12.5 Å². The summed E-state index contributed by atoms with van der Waals surface area (Å²) < 4.78 is 28.1. The third-order valence-electron chi connectivity index (χ3n) is 4.83. The van der Waals surface area contributed by atoms with E-state index in [1.807, 2.05) is 12.2 Å². The lowest BCUT2D eigenvalue weighted by atomic mass is 10.1. The van der Waals surface area contributed by atoms with Crippen molar-refractivity contribution in [3.8, 4) is 0 Å². The standard InChI is InChI=1S/C18H16N4O8S/c23-18(20-11-5-7-13(9-11)30-20)14-3-1-2-4-15(14)19-31(28,29)17-8-6-12(21(24)25)10-16(17)22(26)27/h1-8,10-11,13,19,26-27H,9H2/q-2. The first-order valence-electron chi connectivity index (χ1n) is 8.94. The lowest BCUT2D eigenvalue weighted by Gasteiger charge is -2.37. The van der Waals surface area contributed by atoms with Crippen molar-refractivity contribution in [3.05, 3.63) is 70.6 Å². The Balaban J connectivity index is 1.67. The van der Waals surface area contributed by atoms with Gasteiger partial charge in [0, 0.05) is 12.1 Å². The van der Waals surface area contributed by atoms with Gasteiger partial charge in [-0.25, -0.2) is 13.5 Å². The maximum atomic E-state index is 12.9. The molecular weight excluding hydrogens is 432 g/mol. The summed E-state index contributed by atoms with van der Waals surface area (Å²) in [6.07, 6.45) is 4.09. The van der Waals surface area contributed by atoms with Crippen LogP contribution in [0, 0.1) is 10.4 Å². The zero-order valence-corrected chi connectivity index (χ0v) is 16.5. The van der Waals surface area contributed by atoms with Crippen LogP contribution in [0.1, 0.15) is 16.8 Å². The van der Waals surface area contributed by atoms with Gasteiger partial charge in [0.2, 0.25) is 0 Å². The average molecular weight is 448 g/mol. The Bertz CT molecular complexity index is 1150. The number of amides is 1. The highest BCUT2D eigenvalue weighted by Gasteiger charge is 2.39. The molecule has 4 rings (SSSR count). The molecule has 1 fully saturated rings. The Hall–Kier alpha value is -3.20. The fourth-order valence-electron chi connectivity index (χ4n) is 3.40. The Kier molecular flexibility index (Phi) is 5.30. The topological polar surface area (TPSA) is 169 Å². The van der Waals surface area contributed by atoms with Crippen LogP contribution in [-0.2, 0) is 14.9 Å². The first kappa shape index (κ1) is 21.0. The highest BCUT2D eigenvalue weighted by atomic mass is 32.2. The minimum atomic E-state index is -4.48. The summed E-state index contributed by atoms with van der Waals surface area (Å²) in [6.45, 7) is 0. The van der Waals surface area contributed by atoms with Crippen LogP contribution in [0.3, 0.4) is 0 Å². The van der Waals surface area contributed by atoms with Gasteiger partial charge in [-0.1, -0.05) is 24.3 Å². The fraction of sp³-hybridized carbons (Fsp3) is 0.167. The number of nitrogens with one attached hydrogen (secondary N) is 1. The van der Waals surface area contributed by atoms with Gasteiger partial charge in [0.05, 0.1) is 17.3 Å². The van der Waals surface area contributed by atoms with Crippen LogP contribution in [0.25, 0.3) is 0 Å². The molecule has 1 amide bonds. The molecule has 0 radical (unpaired) electrons. The number of carbonyl (C=O) groups excluding carboxylic acids is 1. The molecular formula is C18H16N4O8S-2. The molecule has 2 aromatic rings. The molecule has 164 valence electrons. The van der Waals surface area contributed by atoms with Crippen LogP contribution < -0.4 is 15.2 Å². The van der Waals surface area contributed by atoms with Gasteiger partial charge in [-0.2, -0.15) is 0 Å². The quantitative estimate of drug-likeness (QED) is 0.438. The van der Waals surface area contributed by atoms with Crippen molar-refractivity contribution < 1.29 is 28.5 Å². The Labute approximate surface area is 176 Å². The number of carbonyl (C=O) groups is 1. The Morgan fingerprint density at radius 3 is 2.52 bits per heavy atom. The van der Waals surface area contributed by atoms with E-state index in [1.165, 1.54) is 23.3 Å². The maximum Gasteiger partial charge on any atom is 0.280 e. The monoisotopic (exact) mass is 448 g/mol. The van der Waals surface area contributed by atoms with Crippen LogP contribution in [-0.4, -0.2) is 41.9 Å². The number of hydrogen-bond donors (Lipinski definition) is 3. The second-order valence-corrected chi connectivity index (χ2v) is 8.46. The van der Waals surface area contributed by atoms with Crippen molar-refractivity contribution in [2.45, 2.75) is 23.5 Å². The number of benzene rings is 2. The molecule has 12 nitrogen and oxygen atoms in total. The van der Waals surface area contributed by atoms with Gasteiger partial charge in [0.1, 0.15) is 16.7 Å². The van der Waals surface area contributed by atoms with Crippen molar-refractivity contribution in [2.75, 3.05) is 15.2 Å². The van der Waals surface area contributed by atoms with Crippen molar-refractivity contribution in [2.24, 2.45) is 0 Å². The first-order chi connectivity index (χ1) is 14.7. The number of fused-ring (bicyclic) bond motifs is 2. The molecule has 3 N–H and O–H groups in total. The van der Waals surface area contributed by atoms with Gasteiger partial charge >= 0.3 is 0 Å². The van der Waals surface area contributed by atoms with Gasteiger partial charge in [0.15, 0.2) is 0 Å². The first-order valence-corrected chi connectivity index (χ1v) is 10.4. The fourth-order valence-corrected chi connectivity index (χ4v) is 4.64. The molecule has 13 heteroatoms. The second kappa shape index (κ2) is 7.81. The summed E-state index contributed by atoms with van der Waals surface area (Å²) in [7, 11) is -4.48. The van der Waals surface area contributed by atoms with E-state index >= 15 is 0 Å². The molecule has 1 aliphatic carbocycles. The van der Waals surface area contributed by atoms with Crippen molar-refractivity contribution in [3.63, 3.8) is 0 Å². The summed E-state index contributed by atoms with van der Waals surface area (Å²) in [5.41, 5.74) is -1.35. The molecule has 0 spiro atoms. The van der Waals surface area contributed by atoms with E-state index in [2.05, 4.69) is 4.72 Å². The molecule has 0 aromatic heterocycles. The van der Waals surface area contributed by atoms with E-state index in [4.69, 9.17) is 4.84 Å². The van der Waals surface area contributed by atoms with E-state index in [1.54, 1.807) is 6.07 Å². The Morgan fingerprint density at radius 2 is 1.90 bits per heavy atom. The lowest BCUT2D eigenvalue weighted by molar-refractivity contribution is -0.114. The number of anilines is 3. The minimum Gasteiger partial charge on any atom is -0.769 e. The molecule has 2 atom stereocenters. The van der Waals surface area contributed by atoms with E-state index in [-0.39, 0.29) is 23.4 Å². The van der Waals surface area contributed by atoms with Crippen LogP contribution in [0.4, 0.5) is 17.1 Å². The summed E-state index contributed by atoms with van der Waals surface area (Å²) in [4.78, 5) is 17.8. The lowest BCUT2D eigenvalue weighted by Crippen LogP contribution is -2.35. The molecule has 31 heavy (non-hydrogen) atoms. The number of hydroxylamine groups is 2. The predicted octanol–water partition coefficient (Wildman–Crippen LogP) is 1.96. The van der Waals surface area contributed by atoms with E-state index in [9.17, 15) is 34.0 Å². The summed E-state index contributed by atoms with van der Waals surface area (Å²) in [6, 6.07) is 8.03. The maximum absolute atomic E-state index is 12.9. The largest absolute Gasteiger partial charge is 0.769 e. The second-order valence-electron chi connectivity index (χ2n) is 6.81. The molecule has 1 saturated heterocycles. The Morgan fingerprint density at radius 1 is 1.16 bits per heavy atom. The van der Waals surface area contributed by atoms with Gasteiger partial charge in [-0.3, -0.25) is 24.8 Å². The molecule has 2 bridgehead atoms. The SMILES string of the molecule is O=C(c1ccccc1NS(=O)(=O)c1ccc(N([O-])[O-])cc1N(O)O)N1OC2C=CC1C2. The highest BCUT2D eigenvalue weighted by molar-refractivity contribution is 7.92. The van der Waals surface area contributed by atoms with Crippen LogP contribution in [0.15, 0.2) is 59.5 Å². The van der Waals surface area contributed by atoms with Crippen molar-refractivity contribution >= 4 is 33.0 Å². The van der Waals surface area contributed by atoms with Crippen LogP contribution in [0.2, 0.25) is 0 Å². The van der Waals surface area contributed by atoms with E-state index < -0.39 is 42.7 Å². The van der Waals surface area contributed by atoms with Crippen molar-refractivity contribution in [1.82, 2.24) is 5.06 Å². The predicted molar refractivity (Wildman–Crippen MR) is 108 cm³/mol. The molecule has 2 unspecified atom stereocenters. The third-order valence-corrected chi connectivity index (χ3v) is 6.25. The zero-order valence-electron chi connectivity index (χ0n) is 15.7. The molecule has 1 heterocycles. The summed E-state index contributed by atoms with van der Waals surface area (Å²) >= 11 is 0.